The van der Waals surface area contributed by atoms with Crippen LogP contribution < -0.4 is 5.32 Å². The second kappa shape index (κ2) is 10.1. The van der Waals surface area contributed by atoms with E-state index in [-0.39, 0.29) is 36.7 Å². The third-order valence-corrected chi connectivity index (χ3v) is 6.15. The summed E-state index contributed by atoms with van der Waals surface area (Å²) in [6, 6.07) is 9.14. The SMILES string of the molecule is CN(CC(=O)NCCN1C(=O)S/C(=C\c2ccccc2Cl)C1=O)Cc1ccsc1. The number of amides is 3. The van der Waals surface area contributed by atoms with Gasteiger partial charge in [-0.25, -0.2) is 0 Å². The van der Waals surface area contributed by atoms with Crippen LogP contribution in [-0.2, 0) is 16.1 Å². The number of rotatable bonds is 8. The van der Waals surface area contributed by atoms with Gasteiger partial charge in [0.25, 0.3) is 11.1 Å². The predicted molar refractivity (Wildman–Crippen MR) is 118 cm³/mol. The van der Waals surface area contributed by atoms with Gasteiger partial charge in [-0.1, -0.05) is 29.8 Å². The molecule has 1 aliphatic heterocycles. The Hall–Kier alpha value is -2.13. The maximum atomic E-state index is 12.5. The summed E-state index contributed by atoms with van der Waals surface area (Å²) in [6.45, 7) is 1.27. The lowest BCUT2D eigenvalue weighted by molar-refractivity contribution is -0.124. The highest BCUT2D eigenvalue weighted by atomic mass is 35.5. The van der Waals surface area contributed by atoms with Crippen LogP contribution in [0.3, 0.4) is 0 Å². The monoisotopic (exact) mass is 449 g/mol. The minimum Gasteiger partial charge on any atom is -0.353 e. The molecule has 1 aliphatic rings. The second-order valence-electron chi connectivity index (χ2n) is 6.51. The molecule has 1 N–H and O–H groups in total. The summed E-state index contributed by atoms with van der Waals surface area (Å²) in [5.41, 5.74) is 1.84. The molecule has 3 rings (SSSR count). The Balaban J connectivity index is 1.48. The Morgan fingerprint density at radius 2 is 2.07 bits per heavy atom. The zero-order chi connectivity index (χ0) is 20.8. The molecule has 29 heavy (non-hydrogen) atoms. The summed E-state index contributed by atoms with van der Waals surface area (Å²) in [5.74, 6) is -0.523. The average molecular weight is 450 g/mol. The Kier molecular flexibility index (Phi) is 7.49. The first-order valence-electron chi connectivity index (χ1n) is 8.90. The molecule has 0 atom stereocenters. The van der Waals surface area contributed by atoms with E-state index in [9.17, 15) is 14.4 Å². The topological polar surface area (TPSA) is 69.7 Å². The number of imide groups is 1. The predicted octanol–water partition coefficient (Wildman–Crippen LogP) is 3.69. The van der Waals surface area contributed by atoms with Gasteiger partial charge in [-0.15, -0.1) is 0 Å². The van der Waals surface area contributed by atoms with Crippen molar-refractivity contribution in [3.8, 4) is 0 Å². The van der Waals surface area contributed by atoms with E-state index in [1.165, 1.54) is 0 Å². The first-order chi connectivity index (χ1) is 13.9. The van der Waals surface area contributed by atoms with E-state index >= 15 is 0 Å². The molecule has 1 aromatic heterocycles. The van der Waals surface area contributed by atoms with Crippen molar-refractivity contribution in [2.75, 3.05) is 26.7 Å². The Morgan fingerprint density at radius 1 is 1.28 bits per heavy atom. The number of nitrogens with zero attached hydrogens (tertiary/aromatic N) is 2. The van der Waals surface area contributed by atoms with Crippen LogP contribution in [0.15, 0.2) is 46.0 Å². The van der Waals surface area contributed by atoms with Crippen LogP contribution in [0.25, 0.3) is 6.08 Å². The minimum absolute atomic E-state index is 0.129. The van der Waals surface area contributed by atoms with E-state index in [0.29, 0.717) is 22.0 Å². The van der Waals surface area contributed by atoms with Crippen molar-refractivity contribution in [3.05, 3.63) is 62.1 Å². The van der Waals surface area contributed by atoms with Gasteiger partial charge in [0.1, 0.15) is 0 Å². The van der Waals surface area contributed by atoms with Crippen LogP contribution in [0, 0.1) is 0 Å². The van der Waals surface area contributed by atoms with Crippen molar-refractivity contribution in [2.24, 2.45) is 0 Å². The first kappa shape index (κ1) is 21.6. The summed E-state index contributed by atoms with van der Waals surface area (Å²) < 4.78 is 0. The van der Waals surface area contributed by atoms with Crippen molar-refractivity contribution in [3.63, 3.8) is 0 Å². The fourth-order valence-corrected chi connectivity index (χ4v) is 4.49. The third kappa shape index (κ3) is 5.93. The highest BCUT2D eigenvalue weighted by Gasteiger charge is 2.34. The lowest BCUT2D eigenvalue weighted by Gasteiger charge is -2.17. The number of thiophene rings is 1. The summed E-state index contributed by atoms with van der Waals surface area (Å²) in [4.78, 5) is 40.2. The van der Waals surface area contributed by atoms with E-state index in [0.717, 1.165) is 22.2 Å². The molecule has 9 heteroatoms. The van der Waals surface area contributed by atoms with Gasteiger partial charge in [-0.2, -0.15) is 11.3 Å². The number of nitrogens with one attached hydrogen (secondary N) is 1. The van der Waals surface area contributed by atoms with E-state index in [1.54, 1.807) is 35.6 Å². The average Bonchev–Trinajstić information content (AvgIpc) is 3.27. The number of carbonyl (C=O) groups excluding carboxylic acids is 3. The molecular formula is C20H20ClN3O3S2. The lowest BCUT2D eigenvalue weighted by Crippen LogP contribution is -2.40. The van der Waals surface area contributed by atoms with Crippen molar-refractivity contribution in [2.45, 2.75) is 6.54 Å². The molecule has 152 valence electrons. The zero-order valence-electron chi connectivity index (χ0n) is 15.8. The van der Waals surface area contributed by atoms with Crippen molar-refractivity contribution < 1.29 is 14.4 Å². The first-order valence-corrected chi connectivity index (χ1v) is 11.0. The van der Waals surface area contributed by atoms with Gasteiger partial charge in [0.05, 0.1) is 11.4 Å². The minimum atomic E-state index is -0.372. The van der Waals surface area contributed by atoms with Crippen LogP contribution >= 0.6 is 34.7 Å². The van der Waals surface area contributed by atoms with Crippen molar-refractivity contribution >= 4 is 57.8 Å². The molecule has 0 saturated carbocycles. The van der Waals surface area contributed by atoms with E-state index in [4.69, 9.17) is 11.6 Å². The van der Waals surface area contributed by atoms with Crippen LogP contribution in [0.1, 0.15) is 11.1 Å². The number of hydrogen-bond donors (Lipinski definition) is 1. The molecule has 0 aliphatic carbocycles. The molecular weight excluding hydrogens is 430 g/mol. The second-order valence-corrected chi connectivity index (χ2v) is 8.69. The molecule has 0 spiro atoms. The third-order valence-electron chi connectivity index (χ3n) is 4.17. The van der Waals surface area contributed by atoms with Crippen LogP contribution in [0.5, 0.6) is 0 Å². The van der Waals surface area contributed by atoms with E-state index in [1.807, 2.05) is 34.8 Å². The van der Waals surface area contributed by atoms with Crippen LogP contribution in [-0.4, -0.2) is 53.5 Å². The van der Waals surface area contributed by atoms with E-state index < -0.39 is 0 Å². The number of thioether (sulfide) groups is 1. The van der Waals surface area contributed by atoms with Gasteiger partial charge in [-0.3, -0.25) is 24.2 Å². The summed E-state index contributed by atoms with van der Waals surface area (Å²) >= 11 is 8.61. The quantitative estimate of drug-likeness (QED) is 0.622. The molecule has 6 nitrogen and oxygen atoms in total. The molecule has 0 unspecified atom stereocenters. The Labute approximate surface area is 182 Å². The number of likely N-dealkylation sites (N-methyl/N-ethyl adjacent to an activating group) is 1. The fraction of sp³-hybridized carbons (Fsp3) is 0.250. The van der Waals surface area contributed by atoms with Crippen molar-refractivity contribution in [1.29, 1.82) is 0 Å². The van der Waals surface area contributed by atoms with Gasteiger partial charge >= 0.3 is 0 Å². The molecule has 1 fully saturated rings. The number of hydrogen-bond acceptors (Lipinski definition) is 6. The van der Waals surface area contributed by atoms with Gasteiger partial charge in [0, 0.05) is 24.7 Å². The van der Waals surface area contributed by atoms with Gasteiger partial charge in [-0.05, 0) is 58.9 Å². The van der Waals surface area contributed by atoms with Crippen LogP contribution in [0.2, 0.25) is 5.02 Å². The smallest absolute Gasteiger partial charge is 0.293 e. The standard InChI is InChI=1S/C20H20ClN3O3S2/c1-23(11-14-6-9-28-13-14)12-18(25)22-7-8-24-19(26)17(29-20(24)27)10-15-4-2-3-5-16(15)21/h2-6,9-10,13H,7-8,11-12H2,1H3,(H,22,25)/b17-10-. The molecule has 3 amide bonds. The lowest BCUT2D eigenvalue weighted by atomic mass is 10.2. The molecule has 2 aromatic rings. The molecule has 2 heterocycles. The summed E-state index contributed by atoms with van der Waals surface area (Å²) in [5, 5.41) is 6.97. The molecule has 0 bridgehead atoms. The normalized spacial score (nSPS) is 15.6. The summed E-state index contributed by atoms with van der Waals surface area (Å²) in [7, 11) is 1.87. The van der Waals surface area contributed by atoms with Gasteiger partial charge in [0.2, 0.25) is 5.91 Å². The highest BCUT2D eigenvalue weighted by molar-refractivity contribution is 8.18. The Morgan fingerprint density at radius 3 is 2.79 bits per heavy atom. The highest BCUT2D eigenvalue weighted by Crippen LogP contribution is 2.33. The van der Waals surface area contributed by atoms with E-state index in [2.05, 4.69) is 5.32 Å². The fourth-order valence-electron chi connectivity index (χ4n) is 2.78. The Bertz CT molecular complexity index is 931. The maximum Gasteiger partial charge on any atom is 0.293 e. The van der Waals surface area contributed by atoms with Gasteiger partial charge in [0.15, 0.2) is 0 Å². The van der Waals surface area contributed by atoms with Crippen molar-refractivity contribution in [1.82, 2.24) is 15.1 Å². The van der Waals surface area contributed by atoms with Crippen LogP contribution in [0.4, 0.5) is 4.79 Å². The van der Waals surface area contributed by atoms with Gasteiger partial charge < -0.3 is 5.32 Å². The zero-order valence-corrected chi connectivity index (χ0v) is 18.1. The number of benzene rings is 1. The molecule has 1 aromatic carbocycles. The molecule has 1 saturated heterocycles. The molecule has 0 radical (unpaired) electrons. The maximum absolute atomic E-state index is 12.5. The largest absolute Gasteiger partial charge is 0.353 e. The summed E-state index contributed by atoms with van der Waals surface area (Å²) in [6.07, 6.45) is 1.62. The number of halogens is 1. The number of carbonyl (C=O) groups is 3.